The molecule has 10 heteroatoms. The molecule has 2 aromatic rings. The normalized spacial score (nSPS) is 10.8. The summed E-state index contributed by atoms with van der Waals surface area (Å²) in [5.41, 5.74) is -0.0855. The molecule has 0 aromatic heterocycles. The first-order valence-corrected chi connectivity index (χ1v) is 8.93. The second-order valence-corrected chi connectivity index (χ2v) is 6.33. The Hall–Kier alpha value is -3.28. The van der Waals surface area contributed by atoms with E-state index in [9.17, 15) is 20.2 Å². The summed E-state index contributed by atoms with van der Waals surface area (Å²) in [6, 6.07) is 8.45. The number of nitro benzene ring substituents is 1. The van der Waals surface area contributed by atoms with Gasteiger partial charge in [-0.15, -0.1) is 0 Å². The number of methoxy groups -OCH3 is 1. The van der Waals surface area contributed by atoms with E-state index in [1.54, 1.807) is 19.1 Å². The van der Waals surface area contributed by atoms with E-state index in [0.29, 0.717) is 23.7 Å². The zero-order valence-electron chi connectivity index (χ0n) is 15.4. The number of ether oxygens (including phenoxy) is 2. The molecule has 29 heavy (non-hydrogen) atoms. The SMILES string of the molecule is CCOc1cc(/C=C(\C#N)C(=O)Nc2cc([N+](=O)[O-])ccc2Cl)cc(Cl)c1OC. The van der Waals surface area contributed by atoms with Crippen molar-refractivity contribution in [3.8, 4) is 17.6 Å². The Labute approximate surface area is 176 Å². The Bertz CT molecular complexity index is 1030. The maximum Gasteiger partial charge on any atom is 0.271 e. The molecule has 1 amide bonds. The van der Waals surface area contributed by atoms with E-state index in [-0.39, 0.29) is 27.0 Å². The Balaban J connectivity index is 2.37. The Morgan fingerprint density at radius 1 is 1.31 bits per heavy atom. The molecule has 0 radical (unpaired) electrons. The lowest BCUT2D eigenvalue weighted by Crippen LogP contribution is -2.14. The van der Waals surface area contributed by atoms with E-state index in [1.807, 2.05) is 0 Å². The number of rotatable bonds is 7. The van der Waals surface area contributed by atoms with Gasteiger partial charge in [-0.05, 0) is 36.8 Å². The Kier molecular flexibility index (Phi) is 7.42. The second kappa shape index (κ2) is 9.78. The number of anilines is 1. The van der Waals surface area contributed by atoms with Gasteiger partial charge < -0.3 is 14.8 Å². The zero-order chi connectivity index (χ0) is 21.6. The van der Waals surface area contributed by atoms with Crippen molar-refractivity contribution >= 4 is 46.6 Å². The number of nitrogens with one attached hydrogen (secondary N) is 1. The summed E-state index contributed by atoms with van der Waals surface area (Å²) in [6.45, 7) is 2.14. The largest absolute Gasteiger partial charge is 0.491 e. The topological polar surface area (TPSA) is 114 Å². The summed E-state index contributed by atoms with van der Waals surface area (Å²) >= 11 is 12.2. The molecule has 0 atom stereocenters. The molecule has 1 N–H and O–H groups in total. The standard InChI is InChI=1S/C19H15Cl2N3O5/c1-3-29-17-8-11(7-15(21)18(17)28-2)6-12(10-22)19(25)23-16-9-13(24(26)27)4-5-14(16)20/h4-9H,3H2,1-2H3,(H,23,25)/b12-6+. The van der Waals surface area contributed by atoms with Crippen LogP contribution in [-0.2, 0) is 4.79 Å². The summed E-state index contributed by atoms with van der Waals surface area (Å²) in [4.78, 5) is 22.8. The predicted octanol–water partition coefficient (Wildman–Crippen LogP) is 4.85. The van der Waals surface area contributed by atoms with Gasteiger partial charge in [-0.1, -0.05) is 23.2 Å². The molecular formula is C19H15Cl2N3O5. The third-order valence-corrected chi connectivity index (χ3v) is 4.23. The van der Waals surface area contributed by atoms with Crippen LogP contribution >= 0.6 is 23.2 Å². The number of non-ortho nitro benzene ring substituents is 1. The van der Waals surface area contributed by atoms with Crippen LogP contribution in [0.25, 0.3) is 6.08 Å². The molecule has 150 valence electrons. The maximum absolute atomic E-state index is 12.5. The molecule has 8 nitrogen and oxygen atoms in total. The third kappa shape index (κ3) is 5.38. The highest BCUT2D eigenvalue weighted by Crippen LogP contribution is 2.37. The van der Waals surface area contributed by atoms with Gasteiger partial charge in [0.05, 0.1) is 34.4 Å². The molecular weight excluding hydrogens is 421 g/mol. The number of nitriles is 1. The van der Waals surface area contributed by atoms with Gasteiger partial charge in [-0.2, -0.15) is 5.26 Å². The van der Waals surface area contributed by atoms with Gasteiger partial charge >= 0.3 is 0 Å². The van der Waals surface area contributed by atoms with Crippen molar-refractivity contribution in [2.24, 2.45) is 0 Å². The van der Waals surface area contributed by atoms with E-state index in [4.69, 9.17) is 32.7 Å². The summed E-state index contributed by atoms with van der Waals surface area (Å²) in [5.74, 6) is -0.107. The van der Waals surface area contributed by atoms with Gasteiger partial charge in [0, 0.05) is 12.1 Å². The number of hydrogen-bond donors (Lipinski definition) is 1. The average molecular weight is 436 g/mol. The maximum atomic E-state index is 12.5. The first-order chi connectivity index (χ1) is 13.8. The summed E-state index contributed by atoms with van der Waals surface area (Å²) in [5, 5.41) is 23.0. The lowest BCUT2D eigenvalue weighted by Gasteiger charge is -2.12. The first-order valence-electron chi connectivity index (χ1n) is 8.18. The quantitative estimate of drug-likeness (QED) is 0.287. The highest BCUT2D eigenvalue weighted by Gasteiger charge is 2.16. The molecule has 0 unspecified atom stereocenters. The van der Waals surface area contributed by atoms with E-state index in [1.165, 1.54) is 31.4 Å². The van der Waals surface area contributed by atoms with Crippen LogP contribution in [0.1, 0.15) is 12.5 Å². The second-order valence-electron chi connectivity index (χ2n) is 5.51. The lowest BCUT2D eigenvalue weighted by molar-refractivity contribution is -0.384. The number of hydrogen-bond acceptors (Lipinski definition) is 6. The van der Waals surface area contributed by atoms with Gasteiger partial charge in [-0.25, -0.2) is 0 Å². The van der Waals surface area contributed by atoms with E-state index >= 15 is 0 Å². The van der Waals surface area contributed by atoms with Gasteiger partial charge in [0.25, 0.3) is 11.6 Å². The highest BCUT2D eigenvalue weighted by atomic mass is 35.5. The minimum absolute atomic E-state index is 0.00906. The van der Waals surface area contributed by atoms with Crippen LogP contribution in [0.2, 0.25) is 10.0 Å². The molecule has 0 heterocycles. The number of halogens is 2. The highest BCUT2D eigenvalue weighted by molar-refractivity contribution is 6.34. The summed E-state index contributed by atoms with van der Waals surface area (Å²) in [6.07, 6.45) is 1.30. The minimum atomic E-state index is -0.792. The van der Waals surface area contributed by atoms with Crippen LogP contribution in [-0.4, -0.2) is 24.5 Å². The summed E-state index contributed by atoms with van der Waals surface area (Å²) < 4.78 is 10.7. The van der Waals surface area contributed by atoms with Gasteiger partial charge in [0.2, 0.25) is 0 Å². The fourth-order valence-corrected chi connectivity index (χ4v) is 2.82. The fraction of sp³-hybridized carbons (Fsp3) is 0.158. The molecule has 0 aliphatic rings. The average Bonchev–Trinajstić information content (AvgIpc) is 2.67. The molecule has 0 spiro atoms. The van der Waals surface area contributed by atoms with Gasteiger partial charge in [0.1, 0.15) is 11.6 Å². The number of carbonyl (C=O) groups excluding carboxylic acids is 1. The zero-order valence-corrected chi connectivity index (χ0v) is 16.9. The van der Waals surface area contributed by atoms with Gasteiger partial charge in [0.15, 0.2) is 11.5 Å². The monoisotopic (exact) mass is 435 g/mol. The third-order valence-electron chi connectivity index (χ3n) is 3.62. The fourth-order valence-electron chi connectivity index (χ4n) is 2.36. The molecule has 0 saturated carbocycles. The number of amides is 1. The molecule has 0 aliphatic carbocycles. The van der Waals surface area contributed by atoms with Crippen LogP contribution in [0.5, 0.6) is 11.5 Å². The van der Waals surface area contributed by atoms with Crippen LogP contribution in [0.15, 0.2) is 35.9 Å². The molecule has 0 bridgehead atoms. The van der Waals surface area contributed by atoms with Gasteiger partial charge in [-0.3, -0.25) is 14.9 Å². The van der Waals surface area contributed by atoms with Crippen molar-refractivity contribution in [1.82, 2.24) is 0 Å². The Morgan fingerprint density at radius 2 is 2.03 bits per heavy atom. The number of nitro groups is 1. The first kappa shape index (κ1) is 22.0. The number of nitrogens with zero attached hydrogens (tertiary/aromatic N) is 2. The van der Waals surface area contributed by atoms with E-state index in [2.05, 4.69) is 5.32 Å². The molecule has 2 rings (SSSR count). The van der Waals surface area contributed by atoms with Crippen molar-refractivity contribution in [2.45, 2.75) is 6.92 Å². The van der Waals surface area contributed by atoms with Crippen LogP contribution in [0.4, 0.5) is 11.4 Å². The van der Waals surface area contributed by atoms with Crippen LogP contribution < -0.4 is 14.8 Å². The van der Waals surface area contributed by atoms with Crippen molar-refractivity contribution in [2.75, 3.05) is 19.0 Å². The molecule has 0 aliphatic heterocycles. The minimum Gasteiger partial charge on any atom is -0.491 e. The number of carbonyl (C=O) groups is 1. The van der Waals surface area contributed by atoms with Crippen LogP contribution in [0, 0.1) is 21.4 Å². The molecule has 0 fully saturated rings. The number of benzene rings is 2. The summed E-state index contributed by atoms with van der Waals surface area (Å²) in [7, 11) is 1.44. The van der Waals surface area contributed by atoms with E-state index < -0.39 is 10.8 Å². The lowest BCUT2D eigenvalue weighted by atomic mass is 10.1. The van der Waals surface area contributed by atoms with E-state index in [0.717, 1.165) is 6.07 Å². The smallest absolute Gasteiger partial charge is 0.271 e. The predicted molar refractivity (Wildman–Crippen MR) is 109 cm³/mol. The van der Waals surface area contributed by atoms with Crippen molar-refractivity contribution in [3.63, 3.8) is 0 Å². The van der Waals surface area contributed by atoms with Crippen molar-refractivity contribution in [3.05, 3.63) is 61.6 Å². The molecule has 0 saturated heterocycles. The Morgan fingerprint density at radius 3 is 2.62 bits per heavy atom. The van der Waals surface area contributed by atoms with Crippen molar-refractivity contribution in [1.29, 1.82) is 5.26 Å². The van der Waals surface area contributed by atoms with Crippen LogP contribution in [0.3, 0.4) is 0 Å². The van der Waals surface area contributed by atoms with Crippen molar-refractivity contribution < 1.29 is 19.2 Å². The molecule has 2 aromatic carbocycles.